The van der Waals surface area contributed by atoms with Crippen molar-refractivity contribution in [1.82, 2.24) is 0 Å². The number of hydrogen-bond acceptors (Lipinski definition) is 4. The van der Waals surface area contributed by atoms with Gasteiger partial charge in [0.05, 0.1) is 6.04 Å². The van der Waals surface area contributed by atoms with Gasteiger partial charge in [0.25, 0.3) is 0 Å². The van der Waals surface area contributed by atoms with Crippen molar-refractivity contribution in [2.24, 2.45) is 11.5 Å². The summed E-state index contributed by atoms with van der Waals surface area (Å²) in [5.74, 6) is 0. The fourth-order valence-corrected chi connectivity index (χ4v) is 3.08. The van der Waals surface area contributed by atoms with Crippen molar-refractivity contribution in [2.45, 2.75) is 6.04 Å². The van der Waals surface area contributed by atoms with Crippen LogP contribution in [0, 0.1) is 0 Å². The van der Waals surface area contributed by atoms with E-state index in [9.17, 15) is 0 Å². The first-order valence-corrected chi connectivity index (χ1v) is 6.10. The number of hydrogen-bond donors (Lipinski definition) is 2. The van der Waals surface area contributed by atoms with Crippen LogP contribution in [0.1, 0.15) is 10.9 Å². The van der Waals surface area contributed by atoms with Gasteiger partial charge in [-0.2, -0.15) is 0 Å². The van der Waals surface area contributed by atoms with Crippen LogP contribution in [-0.2, 0) is 0 Å². The topological polar surface area (TPSA) is 52.0 Å². The number of thiophene rings is 2. The maximum atomic E-state index is 5.85. The van der Waals surface area contributed by atoms with Crippen molar-refractivity contribution < 1.29 is 0 Å². The van der Waals surface area contributed by atoms with Gasteiger partial charge >= 0.3 is 0 Å². The monoisotopic (exact) mass is 224 g/mol. The van der Waals surface area contributed by atoms with E-state index in [1.165, 1.54) is 9.75 Å². The second-order valence-electron chi connectivity index (χ2n) is 3.02. The lowest BCUT2D eigenvalue weighted by Gasteiger charge is -2.03. The predicted octanol–water partition coefficient (Wildman–Crippen LogP) is 2.44. The number of nitrogens with two attached hydrogens (primary N) is 2. The normalized spacial score (nSPS) is 13.0. The SMILES string of the molecule is NC[C@@H](N)c1ccc(-c2cccs2)s1. The first-order chi connectivity index (χ1) is 6.81. The Morgan fingerprint density at radius 3 is 2.71 bits per heavy atom. The molecule has 0 bridgehead atoms. The average molecular weight is 224 g/mol. The molecule has 4 heteroatoms. The summed E-state index contributed by atoms with van der Waals surface area (Å²) < 4.78 is 0. The summed E-state index contributed by atoms with van der Waals surface area (Å²) in [6.45, 7) is 0.504. The summed E-state index contributed by atoms with van der Waals surface area (Å²) in [4.78, 5) is 3.74. The molecule has 0 aliphatic heterocycles. The van der Waals surface area contributed by atoms with Crippen molar-refractivity contribution in [3.05, 3.63) is 34.5 Å². The summed E-state index contributed by atoms with van der Waals surface area (Å²) in [5, 5.41) is 2.08. The Hall–Kier alpha value is -0.680. The summed E-state index contributed by atoms with van der Waals surface area (Å²) >= 11 is 3.48. The van der Waals surface area contributed by atoms with E-state index in [0.29, 0.717) is 6.54 Å². The smallest absolute Gasteiger partial charge is 0.0514 e. The quantitative estimate of drug-likeness (QED) is 0.841. The van der Waals surface area contributed by atoms with Crippen LogP contribution in [0.15, 0.2) is 29.6 Å². The van der Waals surface area contributed by atoms with E-state index in [1.54, 1.807) is 22.7 Å². The molecule has 0 aliphatic carbocycles. The van der Waals surface area contributed by atoms with Gasteiger partial charge in [-0.3, -0.25) is 0 Å². The molecule has 0 aliphatic rings. The molecule has 4 N–H and O–H groups in total. The molecule has 0 aromatic carbocycles. The van der Waals surface area contributed by atoms with Gasteiger partial charge in [-0.25, -0.2) is 0 Å². The van der Waals surface area contributed by atoms with Crippen LogP contribution < -0.4 is 11.5 Å². The summed E-state index contributed by atoms with van der Waals surface area (Å²) in [5.41, 5.74) is 11.4. The van der Waals surface area contributed by atoms with Crippen molar-refractivity contribution in [3.63, 3.8) is 0 Å². The van der Waals surface area contributed by atoms with Crippen LogP contribution in [0.2, 0.25) is 0 Å². The van der Waals surface area contributed by atoms with Crippen LogP contribution in [0.4, 0.5) is 0 Å². The molecule has 0 radical (unpaired) electrons. The Bertz CT molecular complexity index is 392. The van der Waals surface area contributed by atoms with E-state index in [-0.39, 0.29) is 6.04 Å². The molecule has 0 spiro atoms. The van der Waals surface area contributed by atoms with Gasteiger partial charge in [0.15, 0.2) is 0 Å². The fraction of sp³-hybridized carbons (Fsp3) is 0.200. The summed E-state index contributed by atoms with van der Waals surface area (Å²) in [6, 6.07) is 8.34. The predicted molar refractivity (Wildman–Crippen MR) is 63.6 cm³/mol. The van der Waals surface area contributed by atoms with Gasteiger partial charge in [0.2, 0.25) is 0 Å². The Balaban J connectivity index is 2.26. The van der Waals surface area contributed by atoms with Crippen molar-refractivity contribution in [3.8, 4) is 9.75 Å². The lowest BCUT2D eigenvalue weighted by molar-refractivity contribution is 0.752. The minimum Gasteiger partial charge on any atom is -0.329 e. The van der Waals surface area contributed by atoms with E-state index >= 15 is 0 Å². The molecule has 1 atom stereocenters. The molecular weight excluding hydrogens is 212 g/mol. The van der Waals surface area contributed by atoms with Gasteiger partial charge in [-0.15, -0.1) is 22.7 Å². The second-order valence-corrected chi connectivity index (χ2v) is 5.08. The van der Waals surface area contributed by atoms with Gasteiger partial charge in [-0.05, 0) is 23.6 Å². The molecule has 0 fully saturated rings. The second kappa shape index (κ2) is 4.23. The highest BCUT2D eigenvalue weighted by Gasteiger charge is 2.08. The maximum Gasteiger partial charge on any atom is 0.0514 e. The number of rotatable bonds is 3. The molecule has 0 saturated heterocycles. The van der Waals surface area contributed by atoms with Gasteiger partial charge in [0.1, 0.15) is 0 Å². The Labute approximate surface area is 91.2 Å². The van der Waals surface area contributed by atoms with Crippen LogP contribution in [0.25, 0.3) is 9.75 Å². The Morgan fingerprint density at radius 1 is 1.21 bits per heavy atom. The summed E-state index contributed by atoms with van der Waals surface area (Å²) in [7, 11) is 0. The largest absolute Gasteiger partial charge is 0.329 e. The molecule has 2 nitrogen and oxygen atoms in total. The molecule has 0 amide bonds. The highest BCUT2D eigenvalue weighted by atomic mass is 32.1. The maximum absolute atomic E-state index is 5.85. The van der Waals surface area contributed by atoms with Crippen molar-refractivity contribution in [1.29, 1.82) is 0 Å². The highest BCUT2D eigenvalue weighted by molar-refractivity contribution is 7.21. The lowest BCUT2D eigenvalue weighted by atomic mass is 10.2. The highest BCUT2D eigenvalue weighted by Crippen LogP contribution is 2.33. The molecular formula is C10H12N2S2. The fourth-order valence-electron chi connectivity index (χ4n) is 1.22. The molecule has 0 unspecified atom stereocenters. The zero-order chi connectivity index (χ0) is 9.97. The minimum atomic E-state index is -0.0197. The first kappa shape index (κ1) is 9.86. The third-order valence-electron chi connectivity index (χ3n) is 2.01. The van der Waals surface area contributed by atoms with E-state index < -0.39 is 0 Å². The molecule has 14 heavy (non-hydrogen) atoms. The Morgan fingerprint density at radius 2 is 2.07 bits per heavy atom. The van der Waals surface area contributed by atoms with Gasteiger partial charge in [0, 0.05) is 21.2 Å². The molecule has 74 valence electrons. The molecule has 2 rings (SSSR count). The van der Waals surface area contributed by atoms with Gasteiger partial charge < -0.3 is 11.5 Å². The van der Waals surface area contributed by atoms with E-state index in [0.717, 1.165) is 4.88 Å². The molecule has 2 heterocycles. The molecule has 2 aromatic heterocycles. The lowest BCUT2D eigenvalue weighted by Crippen LogP contribution is -2.19. The van der Waals surface area contributed by atoms with Gasteiger partial charge in [-0.1, -0.05) is 6.07 Å². The van der Waals surface area contributed by atoms with Crippen molar-refractivity contribution >= 4 is 22.7 Å². The van der Waals surface area contributed by atoms with Crippen LogP contribution in [0.5, 0.6) is 0 Å². The van der Waals surface area contributed by atoms with Crippen LogP contribution >= 0.6 is 22.7 Å². The van der Waals surface area contributed by atoms with E-state index in [1.807, 2.05) is 0 Å². The minimum absolute atomic E-state index is 0.0197. The van der Waals surface area contributed by atoms with Crippen LogP contribution in [0.3, 0.4) is 0 Å². The average Bonchev–Trinajstić information content (AvgIpc) is 2.86. The van der Waals surface area contributed by atoms with E-state index in [2.05, 4.69) is 29.6 Å². The molecule has 2 aromatic rings. The zero-order valence-corrected chi connectivity index (χ0v) is 9.28. The standard InChI is InChI=1S/C10H12N2S2/c11-6-7(12)8-3-4-10(14-8)9-2-1-5-13-9/h1-5,7H,6,11-12H2/t7-/m1/s1. The third kappa shape index (κ3) is 1.88. The Kier molecular flexibility index (Phi) is 2.98. The third-order valence-corrected chi connectivity index (χ3v) is 4.29. The molecule has 0 saturated carbocycles. The van der Waals surface area contributed by atoms with Crippen molar-refractivity contribution in [2.75, 3.05) is 6.54 Å². The summed E-state index contributed by atoms with van der Waals surface area (Å²) in [6.07, 6.45) is 0. The first-order valence-electron chi connectivity index (χ1n) is 4.40. The van der Waals surface area contributed by atoms with Crippen LogP contribution in [-0.4, -0.2) is 6.54 Å². The van der Waals surface area contributed by atoms with E-state index in [4.69, 9.17) is 11.5 Å². The zero-order valence-electron chi connectivity index (χ0n) is 7.64.